The maximum absolute atomic E-state index is 11.2. The number of carbonyl (C=O) groups excluding carboxylic acids is 1. The Bertz CT molecular complexity index is 442. The van der Waals surface area contributed by atoms with Gasteiger partial charge >= 0.3 is 0 Å². The monoisotopic (exact) mass is 309 g/mol. The Morgan fingerprint density at radius 3 is 2.78 bits per heavy atom. The maximum atomic E-state index is 11.2. The first kappa shape index (κ1) is 13.6. The number of halogens is 1. The summed E-state index contributed by atoms with van der Waals surface area (Å²) in [6, 6.07) is 5.87. The average Bonchev–Trinajstić information content (AvgIpc) is 2.50. The molecule has 2 nitrogen and oxygen atoms in total. The lowest BCUT2D eigenvalue weighted by molar-refractivity contribution is 0.112. The molecule has 1 heterocycles. The molecule has 1 aromatic carbocycles. The van der Waals surface area contributed by atoms with Crippen LogP contribution in [0.2, 0.25) is 0 Å². The molecule has 1 aromatic rings. The van der Waals surface area contributed by atoms with E-state index in [9.17, 15) is 4.79 Å². The van der Waals surface area contributed by atoms with Gasteiger partial charge in [-0.25, -0.2) is 0 Å². The highest BCUT2D eigenvalue weighted by atomic mass is 79.9. The van der Waals surface area contributed by atoms with Gasteiger partial charge in [0.05, 0.1) is 0 Å². The first-order chi connectivity index (χ1) is 8.52. The Morgan fingerprint density at radius 1 is 1.28 bits per heavy atom. The molecule has 0 saturated carbocycles. The first-order valence-corrected chi connectivity index (χ1v) is 7.31. The van der Waals surface area contributed by atoms with E-state index in [0.29, 0.717) is 5.41 Å². The summed E-state index contributed by atoms with van der Waals surface area (Å²) in [5.74, 6) is 0. The van der Waals surface area contributed by atoms with Crippen molar-refractivity contribution in [1.82, 2.24) is 0 Å². The van der Waals surface area contributed by atoms with Crippen LogP contribution >= 0.6 is 15.9 Å². The highest BCUT2D eigenvalue weighted by Gasteiger charge is 2.24. The SMILES string of the molecule is CC1(C)CCCN(c2cc(Br)ccc2C=O)CC1. The van der Waals surface area contributed by atoms with Crippen LogP contribution in [-0.2, 0) is 0 Å². The molecule has 0 unspecified atom stereocenters. The van der Waals surface area contributed by atoms with Crippen LogP contribution in [0.4, 0.5) is 5.69 Å². The molecule has 0 amide bonds. The highest BCUT2D eigenvalue weighted by molar-refractivity contribution is 9.10. The number of hydrogen-bond donors (Lipinski definition) is 0. The third-order valence-electron chi connectivity index (χ3n) is 3.80. The highest BCUT2D eigenvalue weighted by Crippen LogP contribution is 2.33. The Kier molecular flexibility index (Phi) is 4.10. The predicted molar refractivity (Wildman–Crippen MR) is 79.4 cm³/mol. The van der Waals surface area contributed by atoms with E-state index in [-0.39, 0.29) is 0 Å². The van der Waals surface area contributed by atoms with Gasteiger partial charge in [0.25, 0.3) is 0 Å². The van der Waals surface area contributed by atoms with Gasteiger partial charge in [0.2, 0.25) is 0 Å². The van der Waals surface area contributed by atoms with Crippen LogP contribution in [0.1, 0.15) is 43.5 Å². The summed E-state index contributed by atoms with van der Waals surface area (Å²) >= 11 is 3.49. The molecule has 0 spiro atoms. The summed E-state index contributed by atoms with van der Waals surface area (Å²) in [6.45, 7) is 6.74. The first-order valence-electron chi connectivity index (χ1n) is 6.51. The van der Waals surface area contributed by atoms with Gasteiger partial charge in [-0.1, -0.05) is 29.8 Å². The van der Waals surface area contributed by atoms with Crippen LogP contribution < -0.4 is 4.90 Å². The fourth-order valence-corrected chi connectivity index (χ4v) is 2.90. The molecule has 0 bridgehead atoms. The molecule has 98 valence electrons. The summed E-state index contributed by atoms with van der Waals surface area (Å²) in [7, 11) is 0. The van der Waals surface area contributed by atoms with Gasteiger partial charge in [-0.15, -0.1) is 0 Å². The number of benzene rings is 1. The molecule has 0 radical (unpaired) electrons. The van der Waals surface area contributed by atoms with E-state index in [4.69, 9.17) is 0 Å². The molecule has 1 fully saturated rings. The molecule has 1 saturated heterocycles. The molecule has 3 heteroatoms. The van der Waals surface area contributed by atoms with Crippen molar-refractivity contribution in [1.29, 1.82) is 0 Å². The molecule has 18 heavy (non-hydrogen) atoms. The molecule has 0 atom stereocenters. The number of nitrogens with zero attached hydrogens (tertiary/aromatic N) is 1. The van der Waals surface area contributed by atoms with Gasteiger partial charge in [0.15, 0.2) is 6.29 Å². The van der Waals surface area contributed by atoms with Gasteiger partial charge in [0.1, 0.15) is 0 Å². The number of hydrogen-bond acceptors (Lipinski definition) is 2. The van der Waals surface area contributed by atoms with E-state index >= 15 is 0 Å². The Labute approximate surface area is 117 Å². The van der Waals surface area contributed by atoms with E-state index in [1.165, 1.54) is 19.3 Å². The minimum Gasteiger partial charge on any atom is -0.371 e. The standard InChI is InChI=1S/C15H20BrNO/c1-15(2)6-3-8-17(9-7-15)14-10-13(16)5-4-12(14)11-18/h4-5,10-11H,3,6-9H2,1-2H3. The second-order valence-corrected chi connectivity index (χ2v) is 6.74. The van der Waals surface area contributed by atoms with Crippen molar-refractivity contribution in [3.8, 4) is 0 Å². The molecule has 2 rings (SSSR count). The van der Waals surface area contributed by atoms with Crippen LogP contribution in [0.5, 0.6) is 0 Å². The zero-order valence-corrected chi connectivity index (χ0v) is 12.7. The predicted octanol–water partition coefficient (Wildman–Crippen LogP) is 4.28. The van der Waals surface area contributed by atoms with E-state index in [1.54, 1.807) is 0 Å². The second-order valence-electron chi connectivity index (χ2n) is 5.83. The van der Waals surface area contributed by atoms with Crippen LogP contribution in [0.25, 0.3) is 0 Å². The Morgan fingerprint density at radius 2 is 2.06 bits per heavy atom. The third kappa shape index (κ3) is 3.14. The van der Waals surface area contributed by atoms with Crippen molar-refractivity contribution in [2.24, 2.45) is 5.41 Å². The van der Waals surface area contributed by atoms with Gasteiger partial charge in [-0.2, -0.15) is 0 Å². The van der Waals surface area contributed by atoms with Crippen LogP contribution in [0.3, 0.4) is 0 Å². The summed E-state index contributed by atoms with van der Waals surface area (Å²) < 4.78 is 1.03. The summed E-state index contributed by atoms with van der Waals surface area (Å²) in [5, 5.41) is 0. The fourth-order valence-electron chi connectivity index (χ4n) is 2.55. The number of carbonyl (C=O) groups is 1. The van der Waals surface area contributed by atoms with Crippen molar-refractivity contribution in [2.45, 2.75) is 33.1 Å². The van der Waals surface area contributed by atoms with Gasteiger partial charge in [-0.3, -0.25) is 4.79 Å². The molecule has 0 aliphatic carbocycles. The summed E-state index contributed by atoms with van der Waals surface area (Å²) in [5.41, 5.74) is 2.28. The quantitative estimate of drug-likeness (QED) is 0.760. The number of aldehydes is 1. The molecule has 1 aliphatic heterocycles. The molecule has 0 N–H and O–H groups in total. The topological polar surface area (TPSA) is 20.3 Å². The van der Waals surface area contributed by atoms with Crippen molar-refractivity contribution in [3.63, 3.8) is 0 Å². The molecule has 1 aliphatic rings. The van der Waals surface area contributed by atoms with Crippen molar-refractivity contribution in [3.05, 3.63) is 28.2 Å². The van der Waals surface area contributed by atoms with Crippen LogP contribution in [-0.4, -0.2) is 19.4 Å². The van der Waals surface area contributed by atoms with Gasteiger partial charge < -0.3 is 4.90 Å². The lowest BCUT2D eigenvalue weighted by Gasteiger charge is -2.26. The average molecular weight is 310 g/mol. The van der Waals surface area contributed by atoms with Crippen LogP contribution in [0, 0.1) is 5.41 Å². The molecular weight excluding hydrogens is 290 g/mol. The second kappa shape index (κ2) is 5.43. The molecular formula is C15H20BrNO. The van der Waals surface area contributed by atoms with Crippen molar-refractivity contribution < 1.29 is 4.79 Å². The number of anilines is 1. The summed E-state index contributed by atoms with van der Waals surface area (Å²) in [6.07, 6.45) is 4.58. The van der Waals surface area contributed by atoms with Gasteiger partial charge in [-0.05, 0) is 42.9 Å². The zero-order chi connectivity index (χ0) is 13.2. The van der Waals surface area contributed by atoms with Gasteiger partial charge in [0, 0.05) is 28.8 Å². The van der Waals surface area contributed by atoms with E-state index in [0.717, 1.165) is 35.1 Å². The largest absolute Gasteiger partial charge is 0.371 e. The van der Waals surface area contributed by atoms with E-state index in [1.807, 2.05) is 12.1 Å². The third-order valence-corrected chi connectivity index (χ3v) is 4.29. The minimum atomic E-state index is 0.419. The minimum absolute atomic E-state index is 0.419. The lowest BCUT2D eigenvalue weighted by atomic mass is 9.85. The maximum Gasteiger partial charge on any atom is 0.152 e. The van der Waals surface area contributed by atoms with E-state index < -0.39 is 0 Å². The lowest BCUT2D eigenvalue weighted by Crippen LogP contribution is -2.26. The Hall–Kier alpha value is -0.830. The Balaban J connectivity index is 2.25. The van der Waals surface area contributed by atoms with Crippen LogP contribution in [0.15, 0.2) is 22.7 Å². The molecule has 0 aromatic heterocycles. The summed E-state index contributed by atoms with van der Waals surface area (Å²) in [4.78, 5) is 13.5. The van der Waals surface area contributed by atoms with Crippen molar-refractivity contribution >= 4 is 27.9 Å². The zero-order valence-electron chi connectivity index (χ0n) is 11.1. The normalized spacial score (nSPS) is 19.4. The fraction of sp³-hybridized carbons (Fsp3) is 0.533. The van der Waals surface area contributed by atoms with E-state index in [2.05, 4.69) is 40.7 Å². The number of rotatable bonds is 2. The van der Waals surface area contributed by atoms with Crippen molar-refractivity contribution in [2.75, 3.05) is 18.0 Å². The smallest absolute Gasteiger partial charge is 0.152 e.